The number of rotatable bonds is 3. The molecule has 2 aromatic rings. The van der Waals surface area contributed by atoms with Crippen molar-refractivity contribution in [2.75, 3.05) is 0 Å². The van der Waals surface area contributed by atoms with Crippen molar-refractivity contribution in [3.05, 3.63) is 68.9 Å². The van der Waals surface area contributed by atoms with Crippen LogP contribution in [-0.2, 0) is 6.54 Å². The third kappa shape index (κ3) is 3.00. The Kier molecular flexibility index (Phi) is 4.64. The lowest BCUT2D eigenvalue weighted by molar-refractivity contribution is -0.175. The van der Waals surface area contributed by atoms with Gasteiger partial charge in [0.1, 0.15) is 10.7 Å². The zero-order valence-corrected chi connectivity index (χ0v) is 20.8. The van der Waals surface area contributed by atoms with Gasteiger partial charge in [0.05, 0.1) is 22.8 Å². The van der Waals surface area contributed by atoms with Crippen molar-refractivity contribution in [2.45, 2.75) is 52.6 Å². The Bertz CT molecular complexity index is 1130. The minimum Gasteiger partial charge on any atom is -0.361 e. The Labute approximate surface area is 198 Å². The van der Waals surface area contributed by atoms with E-state index in [0.717, 1.165) is 22.5 Å². The van der Waals surface area contributed by atoms with E-state index in [9.17, 15) is 0 Å². The van der Waals surface area contributed by atoms with Gasteiger partial charge in [0.15, 0.2) is 0 Å². The number of hydrogen-bond donors (Lipinski definition) is 0. The first-order chi connectivity index (χ1) is 14.6. The molecule has 1 aromatic heterocycles. The molecule has 5 rings (SSSR count). The fraction of sp³-hybridized carbons (Fsp3) is 0.462. The summed E-state index contributed by atoms with van der Waals surface area (Å²) in [4.78, 5) is 7.21. The van der Waals surface area contributed by atoms with Crippen LogP contribution in [0, 0.1) is 34.0 Å². The molecular formula is C26H27BrClN3. The third-order valence-electron chi connectivity index (χ3n) is 8.05. The summed E-state index contributed by atoms with van der Waals surface area (Å²) in [7, 11) is 0. The van der Waals surface area contributed by atoms with Crippen LogP contribution in [0.2, 0.25) is 5.02 Å². The summed E-state index contributed by atoms with van der Waals surface area (Å²) >= 11 is 9.83. The molecule has 2 heterocycles. The van der Waals surface area contributed by atoms with Gasteiger partial charge in [-0.05, 0) is 80.8 Å². The van der Waals surface area contributed by atoms with Gasteiger partial charge in [-0.2, -0.15) is 5.26 Å². The molecule has 0 saturated heterocycles. The molecule has 31 heavy (non-hydrogen) atoms. The normalized spacial score (nSPS) is 29.8. The van der Waals surface area contributed by atoms with Crippen molar-refractivity contribution in [1.82, 2.24) is 9.88 Å². The topological polar surface area (TPSA) is 39.9 Å². The van der Waals surface area contributed by atoms with Crippen LogP contribution < -0.4 is 0 Å². The number of hydrogen-bond acceptors (Lipinski definition) is 3. The molecule has 0 radical (unpaired) electrons. The van der Waals surface area contributed by atoms with Gasteiger partial charge in [-0.25, -0.2) is 4.98 Å². The summed E-state index contributed by atoms with van der Waals surface area (Å²) in [6.07, 6.45) is 1.20. The minimum absolute atomic E-state index is 0.168. The minimum atomic E-state index is 0.168. The fourth-order valence-electron chi connectivity index (χ4n) is 7.40. The summed E-state index contributed by atoms with van der Waals surface area (Å²) in [5.41, 5.74) is 5.56. The van der Waals surface area contributed by atoms with Gasteiger partial charge in [-0.1, -0.05) is 51.9 Å². The molecule has 0 amide bonds. The monoisotopic (exact) mass is 495 g/mol. The standard InChI is InChI=1S/C26H27BrClN3/c1-14-17-8-9-22(27)30-21(17)13-31(14)24-25(2,3)23(26(24,4)5)19-11-18(19)15-6-7-16(12-29)20(28)10-15/h6-10,18-19,23-24H,1,11,13H2,2-5H3. The second-order valence-electron chi connectivity index (χ2n) is 10.6. The Morgan fingerprint density at radius 2 is 1.90 bits per heavy atom. The lowest BCUT2D eigenvalue weighted by Crippen LogP contribution is -2.69. The Balaban J connectivity index is 1.39. The van der Waals surface area contributed by atoms with Crippen molar-refractivity contribution >= 4 is 33.2 Å². The highest BCUT2D eigenvalue weighted by Gasteiger charge is 2.69. The number of halogens is 2. The second kappa shape index (κ2) is 6.83. The Hall–Kier alpha value is -1.83. The first kappa shape index (κ1) is 21.0. The molecule has 160 valence electrons. The van der Waals surface area contributed by atoms with Crippen molar-refractivity contribution in [1.29, 1.82) is 5.26 Å². The van der Waals surface area contributed by atoms with E-state index in [2.05, 4.69) is 73.3 Å². The van der Waals surface area contributed by atoms with Crippen LogP contribution in [0.4, 0.5) is 0 Å². The highest BCUT2D eigenvalue weighted by molar-refractivity contribution is 9.10. The number of aromatic nitrogens is 1. The highest BCUT2D eigenvalue weighted by Crippen LogP contribution is 2.72. The van der Waals surface area contributed by atoms with Gasteiger partial charge in [0.25, 0.3) is 0 Å². The van der Waals surface area contributed by atoms with Gasteiger partial charge < -0.3 is 4.90 Å². The molecule has 0 bridgehead atoms. The summed E-state index contributed by atoms with van der Waals surface area (Å²) < 4.78 is 0.882. The van der Waals surface area contributed by atoms with Crippen molar-refractivity contribution < 1.29 is 0 Å². The molecule has 2 fully saturated rings. The fourth-order valence-corrected chi connectivity index (χ4v) is 7.98. The zero-order chi connectivity index (χ0) is 22.3. The van der Waals surface area contributed by atoms with E-state index in [4.69, 9.17) is 21.8 Å². The quantitative estimate of drug-likeness (QED) is 0.429. The lowest BCUT2D eigenvalue weighted by atomic mass is 9.42. The zero-order valence-electron chi connectivity index (χ0n) is 18.4. The number of pyridine rings is 1. The Morgan fingerprint density at radius 3 is 2.55 bits per heavy atom. The molecule has 0 N–H and O–H groups in total. The van der Waals surface area contributed by atoms with E-state index in [1.807, 2.05) is 18.2 Å². The molecule has 0 spiro atoms. The van der Waals surface area contributed by atoms with E-state index in [0.29, 0.717) is 34.4 Å². The van der Waals surface area contributed by atoms with Crippen LogP contribution in [0.5, 0.6) is 0 Å². The predicted octanol–water partition coefficient (Wildman–Crippen LogP) is 7.01. The molecule has 1 aromatic carbocycles. The van der Waals surface area contributed by atoms with E-state index in [1.165, 1.54) is 17.5 Å². The number of nitriles is 1. The summed E-state index contributed by atoms with van der Waals surface area (Å²) in [5, 5.41) is 9.74. The van der Waals surface area contributed by atoms with Gasteiger partial charge in [0.2, 0.25) is 0 Å². The number of benzene rings is 1. The van der Waals surface area contributed by atoms with Gasteiger partial charge in [0, 0.05) is 17.3 Å². The van der Waals surface area contributed by atoms with Gasteiger partial charge in [-0.15, -0.1) is 0 Å². The van der Waals surface area contributed by atoms with Crippen molar-refractivity contribution in [3.8, 4) is 6.07 Å². The molecular weight excluding hydrogens is 470 g/mol. The summed E-state index contributed by atoms with van der Waals surface area (Å²) in [6.45, 7) is 15.0. The first-order valence-electron chi connectivity index (χ1n) is 10.9. The molecule has 5 heteroatoms. The van der Waals surface area contributed by atoms with Crippen LogP contribution in [0.1, 0.15) is 62.4 Å². The van der Waals surface area contributed by atoms with E-state index >= 15 is 0 Å². The van der Waals surface area contributed by atoms with E-state index in [-0.39, 0.29) is 10.8 Å². The Morgan fingerprint density at radius 1 is 1.19 bits per heavy atom. The van der Waals surface area contributed by atoms with Gasteiger partial charge in [-0.3, -0.25) is 0 Å². The molecule has 2 saturated carbocycles. The maximum absolute atomic E-state index is 9.17. The van der Waals surface area contributed by atoms with E-state index in [1.54, 1.807) is 0 Å². The number of fused-ring (bicyclic) bond motifs is 1. The average Bonchev–Trinajstić information content (AvgIpc) is 3.38. The van der Waals surface area contributed by atoms with Crippen molar-refractivity contribution in [3.63, 3.8) is 0 Å². The molecule has 2 atom stereocenters. The molecule has 2 aliphatic carbocycles. The third-order valence-corrected chi connectivity index (χ3v) is 8.81. The smallest absolute Gasteiger partial charge is 0.106 e. The van der Waals surface area contributed by atoms with Crippen LogP contribution in [-0.4, -0.2) is 15.9 Å². The number of nitrogens with zero attached hydrogens (tertiary/aromatic N) is 3. The molecule has 3 nitrogen and oxygen atoms in total. The average molecular weight is 497 g/mol. The van der Waals surface area contributed by atoms with Crippen LogP contribution in [0.15, 0.2) is 41.5 Å². The SMILES string of the molecule is C=C1c2ccc(Br)nc2CN1C1C(C)(C)C(C2CC2c2ccc(C#N)c(Cl)c2)C1(C)C. The van der Waals surface area contributed by atoms with E-state index < -0.39 is 0 Å². The van der Waals surface area contributed by atoms with Crippen LogP contribution >= 0.6 is 27.5 Å². The maximum Gasteiger partial charge on any atom is 0.106 e. The molecule has 1 aliphatic heterocycles. The largest absolute Gasteiger partial charge is 0.361 e. The lowest BCUT2D eigenvalue weighted by Gasteiger charge is -2.68. The summed E-state index contributed by atoms with van der Waals surface area (Å²) in [6, 6.07) is 12.7. The second-order valence-corrected chi connectivity index (χ2v) is 11.8. The van der Waals surface area contributed by atoms with Crippen LogP contribution in [0.3, 0.4) is 0 Å². The van der Waals surface area contributed by atoms with Gasteiger partial charge >= 0.3 is 0 Å². The van der Waals surface area contributed by atoms with Crippen molar-refractivity contribution in [2.24, 2.45) is 22.7 Å². The first-order valence-corrected chi connectivity index (χ1v) is 12.1. The van der Waals surface area contributed by atoms with Crippen LogP contribution in [0.25, 0.3) is 5.70 Å². The maximum atomic E-state index is 9.17. The summed E-state index contributed by atoms with van der Waals surface area (Å²) in [5.74, 6) is 1.79. The highest BCUT2D eigenvalue weighted by atomic mass is 79.9. The molecule has 2 unspecified atom stereocenters. The predicted molar refractivity (Wildman–Crippen MR) is 128 cm³/mol. The molecule has 3 aliphatic rings.